The molecule has 22 heavy (non-hydrogen) atoms. The molecule has 0 radical (unpaired) electrons. The molecule has 0 saturated heterocycles. The van der Waals surface area contributed by atoms with Crippen molar-refractivity contribution in [3.05, 3.63) is 59.2 Å². The van der Waals surface area contributed by atoms with Gasteiger partial charge in [-0.2, -0.15) is 0 Å². The first kappa shape index (κ1) is 14.4. The molecule has 1 amide bonds. The highest BCUT2D eigenvalue weighted by Crippen LogP contribution is 2.36. The Morgan fingerprint density at radius 2 is 2.05 bits per heavy atom. The van der Waals surface area contributed by atoms with Crippen LogP contribution in [0.2, 0.25) is 0 Å². The molecule has 0 saturated carbocycles. The van der Waals surface area contributed by atoms with E-state index in [1.807, 2.05) is 24.3 Å². The molecular formula is C18H19NO3. The average molecular weight is 297 g/mol. The van der Waals surface area contributed by atoms with Gasteiger partial charge < -0.3 is 15.2 Å². The molecule has 0 bridgehead atoms. The fraction of sp³-hybridized carbons (Fsp3) is 0.278. The van der Waals surface area contributed by atoms with Crippen molar-refractivity contribution in [3.8, 4) is 11.5 Å². The third-order valence-corrected chi connectivity index (χ3v) is 4.02. The summed E-state index contributed by atoms with van der Waals surface area (Å²) in [6.45, 7) is 0.672. The fourth-order valence-corrected chi connectivity index (χ4v) is 2.89. The van der Waals surface area contributed by atoms with E-state index in [2.05, 4.69) is 6.07 Å². The third kappa shape index (κ3) is 2.91. The van der Waals surface area contributed by atoms with Crippen LogP contribution in [0.5, 0.6) is 11.5 Å². The number of methoxy groups -OCH3 is 1. The van der Waals surface area contributed by atoms with Crippen LogP contribution < -0.4 is 15.2 Å². The summed E-state index contributed by atoms with van der Waals surface area (Å²) in [5.41, 5.74) is 8.17. The summed E-state index contributed by atoms with van der Waals surface area (Å²) in [6, 6.07) is 13.5. The highest BCUT2D eigenvalue weighted by Gasteiger charge is 2.22. The highest BCUT2D eigenvalue weighted by molar-refractivity contribution is 5.92. The zero-order chi connectivity index (χ0) is 15.5. The summed E-state index contributed by atoms with van der Waals surface area (Å²) < 4.78 is 11.2. The largest absolute Gasteiger partial charge is 0.493 e. The van der Waals surface area contributed by atoms with Crippen molar-refractivity contribution < 1.29 is 14.3 Å². The van der Waals surface area contributed by atoms with E-state index in [-0.39, 0.29) is 0 Å². The number of fused-ring (bicyclic) bond motifs is 1. The van der Waals surface area contributed by atoms with Crippen LogP contribution in [0.15, 0.2) is 42.5 Å². The molecule has 3 rings (SSSR count). The lowest BCUT2D eigenvalue weighted by Crippen LogP contribution is -2.23. The average Bonchev–Trinajstić information content (AvgIpc) is 2.54. The molecule has 1 aliphatic heterocycles. The predicted octanol–water partition coefficient (Wildman–Crippen LogP) is 2.59. The second-order valence-electron chi connectivity index (χ2n) is 5.59. The Bertz CT molecular complexity index is 679. The highest BCUT2D eigenvalue weighted by atomic mass is 16.5. The van der Waals surface area contributed by atoms with Gasteiger partial charge in [0.25, 0.3) is 0 Å². The number of carbonyl (C=O) groups excluding carboxylic acids is 1. The van der Waals surface area contributed by atoms with E-state index in [4.69, 9.17) is 15.2 Å². The number of para-hydroxylation sites is 1. The maximum atomic E-state index is 11.1. The van der Waals surface area contributed by atoms with Gasteiger partial charge in [0.15, 0.2) is 11.5 Å². The quantitative estimate of drug-likeness (QED) is 0.943. The summed E-state index contributed by atoms with van der Waals surface area (Å²) in [4.78, 5) is 11.1. The monoisotopic (exact) mass is 297 g/mol. The van der Waals surface area contributed by atoms with Crippen molar-refractivity contribution in [1.82, 2.24) is 0 Å². The van der Waals surface area contributed by atoms with Gasteiger partial charge in [-0.05, 0) is 42.2 Å². The molecule has 4 nitrogen and oxygen atoms in total. The molecule has 2 aromatic rings. The van der Waals surface area contributed by atoms with Crippen LogP contribution in [0.4, 0.5) is 0 Å². The summed E-state index contributed by atoms with van der Waals surface area (Å²) in [5.74, 6) is 1.68. The summed E-state index contributed by atoms with van der Waals surface area (Å²) in [7, 11) is 1.66. The van der Waals surface area contributed by atoms with Crippen molar-refractivity contribution in [2.45, 2.75) is 12.8 Å². The Hall–Kier alpha value is -2.49. The van der Waals surface area contributed by atoms with Crippen LogP contribution >= 0.6 is 0 Å². The van der Waals surface area contributed by atoms with Gasteiger partial charge >= 0.3 is 0 Å². The van der Waals surface area contributed by atoms with E-state index < -0.39 is 5.91 Å². The van der Waals surface area contributed by atoms with Gasteiger partial charge in [0.1, 0.15) is 0 Å². The van der Waals surface area contributed by atoms with Crippen LogP contribution in [-0.2, 0) is 12.8 Å². The molecule has 1 aliphatic rings. The Balaban J connectivity index is 1.71. The SMILES string of the molecule is COc1cccc2c1OC[C@@H](Cc1ccc(C(N)=O)cc1)C2. The van der Waals surface area contributed by atoms with Gasteiger partial charge in [-0.15, -0.1) is 0 Å². The van der Waals surface area contributed by atoms with Crippen LogP contribution in [0.25, 0.3) is 0 Å². The van der Waals surface area contributed by atoms with Crippen molar-refractivity contribution in [2.24, 2.45) is 11.7 Å². The zero-order valence-corrected chi connectivity index (χ0v) is 12.5. The maximum absolute atomic E-state index is 11.1. The Morgan fingerprint density at radius 3 is 2.73 bits per heavy atom. The normalized spacial score (nSPS) is 16.5. The van der Waals surface area contributed by atoms with E-state index >= 15 is 0 Å². The first-order valence-corrected chi connectivity index (χ1v) is 7.35. The molecule has 114 valence electrons. The molecule has 2 N–H and O–H groups in total. The van der Waals surface area contributed by atoms with Crippen LogP contribution in [-0.4, -0.2) is 19.6 Å². The number of amides is 1. The molecule has 2 aromatic carbocycles. The van der Waals surface area contributed by atoms with Crippen LogP contribution in [0.3, 0.4) is 0 Å². The topological polar surface area (TPSA) is 61.6 Å². The number of ether oxygens (including phenoxy) is 2. The van der Waals surface area contributed by atoms with Crippen molar-refractivity contribution in [1.29, 1.82) is 0 Å². The second kappa shape index (κ2) is 6.10. The number of rotatable bonds is 4. The van der Waals surface area contributed by atoms with E-state index in [1.165, 1.54) is 11.1 Å². The lowest BCUT2D eigenvalue weighted by molar-refractivity contribution is 0.100. The number of benzene rings is 2. The molecule has 0 spiro atoms. The standard InChI is InChI=1S/C18H19NO3/c1-21-16-4-2-3-15-10-13(11-22-17(15)16)9-12-5-7-14(8-6-12)18(19)20/h2-8,13H,9-11H2,1H3,(H2,19,20)/t13-/m0/s1. The van der Waals surface area contributed by atoms with Crippen molar-refractivity contribution >= 4 is 5.91 Å². The van der Waals surface area contributed by atoms with E-state index in [1.54, 1.807) is 19.2 Å². The van der Waals surface area contributed by atoms with Crippen LogP contribution in [0, 0.1) is 5.92 Å². The predicted molar refractivity (Wildman–Crippen MR) is 84.3 cm³/mol. The third-order valence-electron chi connectivity index (χ3n) is 4.02. The molecular weight excluding hydrogens is 278 g/mol. The molecule has 0 unspecified atom stereocenters. The van der Waals surface area contributed by atoms with Crippen molar-refractivity contribution in [2.75, 3.05) is 13.7 Å². The van der Waals surface area contributed by atoms with E-state index in [9.17, 15) is 4.79 Å². The lowest BCUT2D eigenvalue weighted by atomic mass is 9.90. The molecule has 4 heteroatoms. The molecule has 0 aliphatic carbocycles. The number of hydrogen-bond acceptors (Lipinski definition) is 3. The number of nitrogens with two attached hydrogens (primary N) is 1. The molecule has 0 fully saturated rings. The Morgan fingerprint density at radius 1 is 1.27 bits per heavy atom. The summed E-state index contributed by atoms with van der Waals surface area (Å²) in [6.07, 6.45) is 1.87. The number of carbonyl (C=O) groups is 1. The van der Waals surface area contributed by atoms with Gasteiger partial charge in [0.05, 0.1) is 13.7 Å². The van der Waals surface area contributed by atoms with Crippen LogP contribution in [0.1, 0.15) is 21.5 Å². The minimum atomic E-state index is -0.395. The zero-order valence-electron chi connectivity index (χ0n) is 12.5. The van der Waals surface area contributed by atoms with Gasteiger partial charge in [0.2, 0.25) is 5.91 Å². The first-order valence-electron chi connectivity index (χ1n) is 7.35. The van der Waals surface area contributed by atoms with Gasteiger partial charge in [0, 0.05) is 11.5 Å². The lowest BCUT2D eigenvalue weighted by Gasteiger charge is -2.26. The fourth-order valence-electron chi connectivity index (χ4n) is 2.89. The van der Waals surface area contributed by atoms with Gasteiger partial charge in [-0.1, -0.05) is 24.3 Å². The van der Waals surface area contributed by atoms with Crippen molar-refractivity contribution in [3.63, 3.8) is 0 Å². The number of primary amides is 1. The van der Waals surface area contributed by atoms with E-state index in [0.29, 0.717) is 18.1 Å². The smallest absolute Gasteiger partial charge is 0.248 e. The summed E-state index contributed by atoms with van der Waals surface area (Å²) >= 11 is 0. The Kier molecular flexibility index (Phi) is 4.00. The van der Waals surface area contributed by atoms with E-state index in [0.717, 1.165) is 24.3 Å². The minimum absolute atomic E-state index is 0.395. The Labute approximate surface area is 129 Å². The molecule has 0 aromatic heterocycles. The van der Waals surface area contributed by atoms with Gasteiger partial charge in [-0.25, -0.2) is 0 Å². The first-order chi connectivity index (χ1) is 10.7. The van der Waals surface area contributed by atoms with Gasteiger partial charge in [-0.3, -0.25) is 4.79 Å². The molecule has 1 atom stereocenters. The number of hydrogen-bond donors (Lipinski definition) is 1. The summed E-state index contributed by atoms with van der Waals surface area (Å²) in [5, 5.41) is 0. The second-order valence-corrected chi connectivity index (χ2v) is 5.59. The minimum Gasteiger partial charge on any atom is -0.493 e. The molecule has 1 heterocycles. The maximum Gasteiger partial charge on any atom is 0.248 e.